The first kappa shape index (κ1) is 17.2. The van der Waals surface area contributed by atoms with Crippen LogP contribution in [0, 0.1) is 6.92 Å². The minimum Gasteiger partial charge on any atom is -1.00 e. The van der Waals surface area contributed by atoms with Crippen molar-refractivity contribution in [3.05, 3.63) is 6.92 Å². The van der Waals surface area contributed by atoms with Gasteiger partial charge in [-0.25, -0.2) is 0 Å². The largest absolute Gasteiger partial charge is 2.00 e. The van der Waals surface area contributed by atoms with Gasteiger partial charge in [0, 0.05) is 14.2 Å². The van der Waals surface area contributed by atoms with E-state index in [4.69, 9.17) is 9.47 Å². The smallest absolute Gasteiger partial charge is 1.00 e. The fourth-order valence-electron chi connectivity index (χ4n) is 0.499. The molecule has 0 aliphatic heterocycles. The number of rotatable bonds is 4. The van der Waals surface area contributed by atoms with E-state index in [2.05, 4.69) is 6.92 Å². The summed E-state index contributed by atoms with van der Waals surface area (Å²) in [5, 5.41) is 0. The van der Waals surface area contributed by atoms with E-state index in [1.54, 1.807) is 14.2 Å². The van der Waals surface area contributed by atoms with Crippen molar-refractivity contribution in [1.29, 1.82) is 0 Å². The molecule has 0 aliphatic rings. The Balaban J connectivity index is -0.000000245. The van der Waals surface area contributed by atoms with Crippen LogP contribution >= 0.6 is 0 Å². The molecule has 0 amide bonds. The van der Waals surface area contributed by atoms with Crippen LogP contribution in [0.2, 0.25) is 0 Å². The standard InChI is InChI=1S/C6H13O2.ClH.Mg/c1-4-5-6(7-2)8-3;;/h6H,1,4-5H2,2-3H3;1H;/q-1;;+2/p-1. The Labute approximate surface area is 85.2 Å². The van der Waals surface area contributed by atoms with Crippen LogP contribution in [0.3, 0.4) is 0 Å². The molecule has 0 atom stereocenters. The Bertz CT molecular complexity index is 51.0. The molecule has 0 aromatic heterocycles. The van der Waals surface area contributed by atoms with Gasteiger partial charge in [0.1, 0.15) is 0 Å². The summed E-state index contributed by atoms with van der Waals surface area (Å²) < 4.78 is 9.76. The summed E-state index contributed by atoms with van der Waals surface area (Å²) in [5.74, 6) is 0. The summed E-state index contributed by atoms with van der Waals surface area (Å²) >= 11 is 0. The van der Waals surface area contributed by atoms with Gasteiger partial charge in [-0.2, -0.15) is 6.42 Å². The average Bonchev–Trinajstić information content (AvgIpc) is 1.83. The summed E-state index contributed by atoms with van der Waals surface area (Å²) in [7, 11) is 3.26. The Morgan fingerprint density at radius 1 is 1.30 bits per heavy atom. The van der Waals surface area contributed by atoms with E-state index in [9.17, 15) is 0 Å². The zero-order chi connectivity index (χ0) is 6.41. The summed E-state index contributed by atoms with van der Waals surface area (Å²) in [6.07, 6.45) is 1.66. The Kier molecular flexibility index (Phi) is 21.7. The molecular weight excluding hydrogens is 164 g/mol. The van der Waals surface area contributed by atoms with E-state index in [-0.39, 0.29) is 41.7 Å². The van der Waals surface area contributed by atoms with Crippen LogP contribution in [-0.4, -0.2) is 43.6 Å². The van der Waals surface area contributed by atoms with Gasteiger partial charge in [0.25, 0.3) is 0 Å². The molecule has 0 aromatic carbocycles. The second-order valence-electron chi connectivity index (χ2n) is 1.54. The topological polar surface area (TPSA) is 18.5 Å². The predicted molar refractivity (Wildman–Crippen MR) is 38.2 cm³/mol. The molecule has 0 bridgehead atoms. The van der Waals surface area contributed by atoms with E-state index in [1.807, 2.05) is 0 Å². The van der Waals surface area contributed by atoms with Gasteiger partial charge in [0.15, 0.2) is 6.29 Å². The van der Waals surface area contributed by atoms with Gasteiger partial charge in [-0.15, -0.1) is 0 Å². The number of hydrogen-bond donors (Lipinski definition) is 0. The molecule has 0 heterocycles. The van der Waals surface area contributed by atoms with Gasteiger partial charge in [0.2, 0.25) is 0 Å². The maximum atomic E-state index is 4.88. The van der Waals surface area contributed by atoms with E-state index < -0.39 is 0 Å². The summed E-state index contributed by atoms with van der Waals surface area (Å²) in [6, 6.07) is 0. The van der Waals surface area contributed by atoms with Crippen LogP contribution in [-0.2, 0) is 9.47 Å². The predicted octanol–water partition coefficient (Wildman–Crippen LogP) is -2.16. The van der Waals surface area contributed by atoms with E-state index in [0.29, 0.717) is 0 Å². The van der Waals surface area contributed by atoms with Crippen molar-refractivity contribution in [3.8, 4) is 0 Å². The fourth-order valence-corrected chi connectivity index (χ4v) is 0.499. The fraction of sp³-hybridized carbons (Fsp3) is 0.833. The number of halogens is 1. The van der Waals surface area contributed by atoms with Crippen molar-refractivity contribution in [2.24, 2.45) is 0 Å². The maximum absolute atomic E-state index is 4.88. The second-order valence-corrected chi connectivity index (χ2v) is 1.54. The third kappa shape index (κ3) is 8.98. The van der Waals surface area contributed by atoms with Gasteiger partial charge >= 0.3 is 23.1 Å². The van der Waals surface area contributed by atoms with Crippen molar-refractivity contribution < 1.29 is 21.9 Å². The zero-order valence-electron chi connectivity index (χ0n) is 6.60. The van der Waals surface area contributed by atoms with E-state index in [0.717, 1.165) is 12.8 Å². The van der Waals surface area contributed by atoms with Crippen molar-refractivity contribution in [3.63, 3.8) is 0 Å². The normalized spacial score (nSPS) is 8.40. The molecule has 0 aromatic rings. The van der Waals surface area contributed by atoms with Crippen LogP contribution in [0.1, 0.15) is 12.8 Å². The molecule has 0 spiro atoms. The second kappa shape index (κ2) is 12.6. The molecule has 4 heteroatoms. The Morgan fingerprint density at radius 2 is 1.70 bits per heavy atom. The van der Waals surface area contributed by atoms with Gasteiger partial charge in [-0.1, -0.05) is 0 Å². The molecular formula is C6H13ClMgO2. The molecule has 58 valence electrons. The molecule has 0 unspecified atom stereocenters. The monoisotopic (exact) mass is 176 g/mol. The molecule has 0 saturated carbocycles. The minimum absolute atomic E-state index is 0. The van der Waals surface area contributed by atoms with Gasteiger partial charge < -0.3 is 28.8 Å². The first-order chi connectivity index (χ1) is 3.85. The van der Waals surface area contributed by atoms with Crippen molar-refractivity contribution in [1.82, 2.24) is 0 Å². The summed E-state index contributed by atoms with van der Waals surface area (Å²) in [5.41, 5.74) is 0. The number of methoxy groups -OCH3 is 2. The van der Waals surface area contributed by atoms with E-state index >= 15 is 0 Å². The molecule has 0 N–H and O–H groups in total. The SMILES string of the molecule is [CH2-]CCC(OC)OC.[Cl-].[Mg+2]. The van der Waals surface area contributed by atoms with Crippen molar-refractivity contribution in [2.75, 3.05) is 14.2 Å². The molecule has 0 fully saturated rings. The quantitative estimate of drug-likeness (QED) is 0.276. The van der Waals surface area contributed by atoms with Crippen LogP contribution in [0.15, 0.2) is 0 Å². The van der Waals surface area contributed by atoms with Gasteiger partial charge in [0.05, 0.1) is 0 Å². The van der Waals surface area contributed by atoms with Crippen LogP contribution < -0.4 is 12.4 Å². The number of hydrogen-bond acceptors (Lipinski definition) is 2. The van der Waals surface area contributed by atoms with Crippen LogP contribution in [0.5, 0.6) is 0 Å². The molecule has 0 aliphatic carbocycles. The van der Waals surface area contributed by atoms with Gasteiger partial charge in [-0.05, 0) is 6.42 Å². The van der Waals surface area contributed by atoms with Crippen LogP contribution in [0.25, 0.3) is 0 Å². The Hall–Kier alpha value is 0.976. The van der Waals surface area contributed by atoms with Crippen LogP contribution in [0.4, 0.5) is 0 Å². The molecule has 0 radical (unpaired) electrons. The number of ether oxygens (including phenoxy) is 2. The Morgan fingerprint density at radius 3 is 1.80 bits per heavy atom. The van der Waals surface area contributed by atoms with Gasteiger partial charge in [-0.3, -0.25) is 0 Å². The first-order valence-corrected chi connectivity index (χ1v) is 2.70. The first-order valence-electron chi connectivity index (χ1n) is 2.70. The minimum atomic E-state index is -0.0625. The van der Waals surface area contributed by atoms with E-state index in [1.165, 1.54) is 0 Å². The average molecular weight is 177 g/mol. The maximum Gasteiger partial charge on any atom is 2.00 e. The molecule has 10 heavy (non-hydrogen) atoms. The van der Waals surface area contributed by atoms with Crippen molar-refractivity contribution >= 4 is 23.1 Å². The third-order valence-electron chi connectivity index (χ3n) is 0.966. The molecule has 0 rings (SSSR count). The summed E-state index contributed by atoms with van der Waals surface area (Å²) in [6.45, 7) is 3.66. The third-order valence-corrected chi connectivity index (χ3v) is 0.966. The molecule has 2 nitrogen and oxygen atoms in total. The summed E-state index contributed by atoms with van der Waals surface area (Å²) in [4.78, 5) is 0. The molecule has 0 saturated heterocycles. The van der Waals surface area contributed by atoms with Crippen molar-refractivity contribution in [2.45, 2.75) is 19.1 Å². The zero-order valence-corrected chi connectivity index (χ0v) is 8.77.